The molecule has 24 heavy (non-hydrogen) atoms. The van der Waals surface area contributed by atoms with Crippen LogP contribution in [0.1, 0.15) is 27.7 Å². The van der Waals surface area contributed by atoms with Gasteiger partial charge in [0.05, 0.1) is 11.2 Å². The van der Waals surface area contributed by atoms with Crippen molar-refractivity contribution in [3.63, 3.8) is 0 Å². The quantitative estimate of drug-likeness (QED) is 0.859. The van der Waals surface area contributed by atoms with Gasteiger partial charge in [0, 0.05) is 23.5 Å². The van der Waals surface area contributed by atoms with Crippen molar-refractivity contribution in [3.05, 3.63) is 42.5 Å². The summed E-state index contributed by atoms with van der Waals surface area (Å²) in [5.74, 6) is -0.366. The highest BCUT2D eigenvalue weighted by Gasteiger charge is 2.52. The number of anilines is 1. The molecule has 0 atom stereocenters. The van der Waals surface area contributed by atoms with Crippen molar-refractivity contribution in [1.29, 1.82) is 0 Å². The molecule has 1 amide bonds. The van der Waals surface area contributed by atoms with Crippen molar-refractivity contribution in [2.45, 2.75) is 38.9 Å². The first-order valence-corrected chi connectivity index (χ1v) is 7.65. The Balaban J connectivity index is 1.72. The van der Waals surface area contributed by atoms with Gasteiger partial charge >= 0.3 is 13.1 Å². The first kappa shape index (κ1) is 16.7. The summed E-state index contributed by atoms with van der Waals surface area (Å²) in [4.78, 5) is 12.2. The van der Waals surface area contributed by atoms with Gasteiger partial charge in [-0.05, 0) is 52.0 Å². The van der Waals surface area contributed by atoms with Crippen LogP contribution in [0.25, 0.3) is 0 Å². The molecule has 0 aliphatic carbocycles. The van der Waals surface area contributed by atoms with E-state index in [1.54, 1.807) is 6.20 Å². The van der Waals surface area contributed by atoms with Crippen LogP contribution in [0.5, 0.6) is 0 Å². The molecule has 126 valence electrons. The molecule has 0 unspecified atom stereocenters. The SMILES string of the molecule is CC1(C)OB(c2cnn(C(=O)Nc3ccc(F)cc3)c2)OC1(C)C. The van der Waals surface area contributed by atoms with Crippen molar-refractivity contribution in [3.8, 4) is 0 Å². The molecule has 1 N–H and O–H groups in total. The summed E-state index contributed by atoms with van der Waals surface area (Å²) in [5, 5.41) is 6.68. The van der Waals surface area contributed by atoms with Gasteiger partial charge in [-0.3, -0.25) is 0 Å². The number of aromatic nitrogens is 2. The van der Waals surface area contributed by atoms with Crippen LogP contribution in [-0.4, -0.2) is 34.1 Å². The highest BCUT2D eigenvalue weighted by molar-refractivity contribution is 6.62. The Bertz CT molecular complexity index is 742. The second kappa shape index (κ2) is 5.72. The van der Waals surface area contributed by atoms with Crippen LogP contribution in [-0.2, 0) is 9.31 Å². The van der Waals surface area contributed by atoms with Crippen LogP contribution in [0, 0.1) is 5.82 Å². The van der Waals surface area contributed by atoms with Crippen LogP contribution >= 0.6 is 0 Å². The second-order valence-corrected chi connectivity index (χ2v) is 6.74. The Morgan fingerprint density at radius 3 is 2.33 bits per heavy atom. The zero-order valence-electron chi connectivity index (χ0n) is 14.0. The van der Waals surface area contributed by atoms with Crippen LogP contribution < -0.4 is 10.8 Å². The number of rotatable bonds is 2. The molecule has 8 heteroatoms. The maximum absolute atomic E-state index is 12.9. The molecule has 1 aliphatic rings. The van der Waals surface area contributed by atoms with Gasteiger partial charge in [-0.2, -0.15) is 9.78 Å². The Morgan fingerprint density at radius 1 is 1.17 bits per heavy atom. The molecule has 1 saturated heterocycles. The Labute approximate surface area is 140 Å². The number of halogens is 1. The van der Waals surface area contributed by atoms with Crippen molar-refractivity contribution in [2.75, 3.05) is 5.32 Å². The number of nitrogens with one attached hydrogen (secondary N) is 1. The molecule has 2 aromatic rings. The van der Waals surface area contributed by atoms with Gasteiger partial charge in [0.1, 0.15) is 5.82 Å². The topological polar surface area (TPSA) is 65.4 Å². The number of nitrogens with zero attached hydrogens (tertiary/aromatic N) is 2. The van der Waals surface area contributed by atoms with Gasteiger partial charge in [0.15, 0.2) is 0 Å². The summed E-state index contributed by atoms with van der Waals surface area (Å²) in [6.45, 7) is 7.83. The van der Waals surface area contributed by atoms with E-state index in [1.807, 2.05) is 27.7 Å². The third-order valence-corrected chi connectivity index (χ3v) is 4.43. The lowest BCUT2D eigenvalue weighted by Gasteiger charge is -2.32. The monoisotopic (exact) mass is 331 g/mol. The zero-order chi connectivity index (χ0) is 17.5. The molecule has 0 radical (unpaired) electrons. The van der Waals surface area contributed by atoms with Crippen molar-refractivity contribution in [1.82, 2.24) is 9.78 Å². The van der Waals surface area contributed by atoms with E-state index >= 15 is 0 Å². The van der Waals surface area contributed by atoms with E-state index in [9.17, 15) is 9.18 Å². The van der Waals surface area contributed by atoms with Gasteiger partial charge in [-0.25, -0.2) is 9.18 Å². The average Bonchev–Trinajstić information content (AvgIpc) is 3.05. The molecule has 6 nitrogen and oxygen atoms in total. The predicted molar refractivity (Wildman–Crippen MR) is 88.8 cm³/mol. The van der Waals surface area contributed by atoms with E-state index in [0.717, 1.165) is 4.68 Å². The van der Waals surface area contributed by atoms with Crippen LogP contribution in [0.15, 0.2) is 36.7 Å². The van der Waals surface area contributed by atoms with Gasteiger partial charge in [0.2, 0.25) is 0 Å². The summed E-state index contributed by atoms with van der Waals surface area (Å²) in [7, 11) is -0.581. The molecule has 1 aromatic heterocycles. The average molecular weight is 331 g/mol. The molecule has 2 heterocycles. The van der Waals surface area contributed by atoms with Crippen LogP contribution in [0.4, 0.5) is 14.9 Å². The summed E-state index contributed by atoms with van der Waals surface area (Å²) in [5.41, 5.74) is 0.212. The van der Waals surface area contributed by atoms with E-state index < -0.39 is 24.4 Å². The predicted octanol–water partition coefficient (Wildman–Crippen LogP) is 2.40. The smallest absolute Gasteiger partial charge is 0.399 e. The van der Waals surface area contributed by atoms with E-state index in [2.05, 4.69) is 10.4 Å². The fourth-order valence-electron chi connectivity index (χ4n) is 2.26. The lowest BCUT2D eigenvalue weighted by molar-refractivity contribution is 0.00578. The molecule has 1 fully saturated rings. The summed E-state index contributed by atoms with van der Waals surface area (Å²) < 4.78 is 25.9. The van der Waals surface area contributed by atoms with Crippen molar-refractivity contribution in [2.24, 2.45) is 0 Å². The minimum atomic E-state index is -0.581. The van der Waals surface area contributed by atoms with Crippen molar-refractivity contribution < 1.29 is 18.5 Å². The third-order valence-electron chi connectivity index (χ3n) is 4.43. The van der Waals surface area contributed by atoms with E-state index in [4.69, 9.17) is 9.31 Å². The summed E-state index contributed by atoms with van der Waals surface area (Å²) >= 11 is 0. The highest BCUT2D eigenvalue weighted by atomic mass is 19.1. The van der Waals surface area contributed by atoms with Crippen LogP contribution in [0.2, 0.25) is 0 Å². The number of carbonyl (C=O) groups excluding carboxylic acids is 1. The summed E-state index contributed by atoms with van der Waals surface area (Å²) in [6, 6.07) is 5.05. The number of benzene rings is 1. The maximum atomic E-state index is 12.9. The van der Waals surface area contributed by atoms with Gasteiger partial charge in [0.25, 0.3) is 0 Å². The Hall–Kier alpha value is -2.19. The zero-order valence-corrected chi connectivity index (χ0v) is 14.0. The fraction of sp³-hybridized carbons (Fsp3) is 0.375. The van der Waals surface area contributed by atoms with Crippen LogP contribution in [0.3, 0.4) is 0 Å². The third kappa shape index (κ3) is 3.07. The second-order valence-electron chi connectivity index (χ2n) is 6.74. The standard InChI is InChI=1S/C16H19BFN3O3/c1-15(2)16(3,4)24-17(23-15)11-9-19-21(10-11)14(22)20-13-7-5-12(18)6-8-13/h5-10H,1-4H3,(H,20,22). The normalized spacial score (nSPS) is 18.6. The lowest BCUT2D eigenvalue weighted by atomic mass is 9.82. The Kier molecular flexibility index (Phi) is 3.97. The molecule has 0 spiro atoms. The first-order valence-electron chi connectivity index (χ1n) is 7.65. The molecule has 3 rings (SSSR count). The largest absolute Gasteiger partial charge is 0.498 e. The number of hydrogen-bond acceptors (Lipinski definition) is 4. The highest BCUT2D eigenvalue weighted by Crippen LogP contribution is 2.36. The maximum Gasteiger partial charge on any atom is 0.498 e. The number of carbonyl (C=O) groups is 1. The Morgan fingerprint density at radius 2 is 1.75 bits per heavy atom. The molecule has 1 aliphatic heterocycles. The van der Waals surface area contributed by atoms with Gasteiger partial charge in [-0.15, -0.1) is 0 Å². The molecule has 0 saturated carbocycles. The number of hydrogen-bond donors (Lipinski definition) is 1. The lowest BCUT2D eigenvalue weighted by Crippen LogP contribution is -2.41. The van der Waals surface area contributed by atoms with Crippen molar-refractivity contribution >= 4 is 24.3 Å². The van der Waals surface area contributed by atoms with Gasteiger partial charge in [-0.1, -0.05) is 0 Å². The molecule has 1 aromatic carbocycles. The van der Waals surface area contributed by atoms with E-state index in [1.165, 1.54) is 30.5 Å². The van der Waals surface area contributed by atoms with Gasteiger partial charge < -0.3 is 14.6 Å². The first-order chi connectivity index (χ1) is 11.2. The minimum absolute atomic E-state index is 0.366. The molecule has 0 bridgehead atoms. The minimum Gasteiger partial charge on any atom is -0.399 e. The van der Waals surface area contributed by atoms with E-state index in [-0.39, 0.29) is 5.82 Å². The molecular weight excluding hydrogens is 312 g/mol. The molecular formula is C16H19BFN3O3. The summed E-state index contributed by atoms with van der Waals surface area (Å²) in [6.07, 6.45) is 3.09. The van der Waals surface area contributed by atoms with E-state index in [0.29, 0.717) is 11.2 Å². The number of amides is 1. The fourth-order valence-corrected chi connectivity index (χ4v) is 2.26.